The van der Waals surface area contributed by atoms with Gasteiger partial charge in [0.2, 0.25) is 0 Å². The van der Waals surface area contributed by atoms with Crippen molar-refractivity contribution in [3.8, 4) is 0 Å². The van der Waals surface area contributed by atoms with Gasteiger partial charge in [-0.1, -0.05) is 38.5 Å². The molecule has 0 bridgehead atoms. The van der Waals surface area contributed by atoms with Gasteiger partial charge in [-0.3, -0.25) is 13.8 Å². The van der Waals surface area contributed by atoms with Crippen LogP contribution in [0, 0.1) is 53.3 Å². The fourth-order valence-corrected chi connectivity index (χ4v) is 10.6. The average Bonchev–Trinajstić information content (AvgIpc) is 3.20. The molecule has 0 amide bonds. The van der Waals surface area contributed by atoms with Gasteiger partial charge in [-0.2, -0.15) is 8.42 Å². The van der Waals surface area contributed by atoms with Crippen molar-refractivity contribution in [1.82, 2.24) is 0 Å². The normalized spacial score (nSPS) is 39.6. The molecule has 1 N–H and O–H groups in total. The van der Waals surface area contributed by atoms with E-state index in [1.807, 2.05) is 6.92 Å². The van der Waals surface area contributed by atoms with Crippen LogP contribution in [-0.2, 0) is 23.9 Å². The summed E-state index contributed by atoms with van der Waals surface area (Å²) in [6, 6.07) is 6.77. The molecule has 1 aromatic rings. The summed E-state index contributed by atoms with van der Waals surface area (Å²) in [5.41, 5.74) is 1.13. The average molecular weight is 545 g/mol. The summed E-state index contributed by atoms with van der Waals surface area (Å²) in [6.45, 7) is 8.87. The third kappa shape index (κ3) is 4.76. The van der Waals surface area contributed by atoms with Crippen LogP contribution in [0.4, 0.5) is 0 Å². The smallest absolute Gasteiger partial charge is 0.303 e. The van der Waals surface area contributed by atoms with Gasteiger partial charge >= 0.3 is 5.97 Å². The zero-order chi connectivity index (χ0) is 27.5. The number of aliphatic carboxylic acids is 1. The maximum atomic E-state index is 13.8. The summed E-state index contributed by atoms with van der Waals surface area (Å²) in [5.74, 6) is 1.42. The molecule has 5 rings (SSSR count). The molecule has 9 atom stereocenters. The third-order valence-electron chi connectivity index (χ3n) is 11.6. The van der Waals surface area contributed by atoms with Gasteiger partial charge in [0.05, 0.1) is 11.0 Å². The van der Waals surface area contributed by atoms with Crippen LogP contribution in [0.15, 0.2) is 29.2 Å². The van der Waals surface area contributed by atoms with Crippen molar-refractivity contribution in [2.24, 2.45) is 46.3 Å². The molecule has 0 spiro atoms. The Morgan fingerprint density at radius 3 is 2.39 bits per heavy atom. The summed E-state index contributed by atoms with van der Waals surface area (Å²) in [5, 5.41) is 9.19. The number of carboxylic acids is 1. The van der Waals surface area contributed by atoms with Crippen molar-refractivity contribution in [3.63, 3.8) is 0 Å². The number of Topliss-reactive ketones (excluding diaryl/α,β-unsaturated/α-hetero) is 1. The second kappa shape index (κ2) is 10.0. The Balaban J connectivity index is 1.30. The van der Waals surface area contributed by atoms with E-state index in [9.17, 15) is 23.1 Å². The fraction of sp³-hybridized carbons (Fsp3) is 0.742. The molecule has 1 aromatic carbocycles. The van der Waals surface area contributed by atoms with E-state index in [-0.39, 0.29) is 40.1 Å². The number of carbonyl (C=O) groups is 2. The van der Waals surface area contributed by atoms with E-state index < -0.39 is 16.1 Å². The monoisotopic (exact) mass is 544 g/mol. The van der Waals surface area contributed by atoms with E-state index in [4.69, 9.17) is 4.18 Å². The van der Waals surface area contributed by atoms with Crippen LogP contribution in [0.3, 0.4) is 0 Å². The Labute approximate surface area is 228 Å². The second-order valence-electron chi connectivity index (χ2n) is 13.5. The highest BCUT2D eigenvalue weighted by Gasteiger charge is 2.63. The maximum absolute atomic E-state index is 13.8. The van der Waals surface area contributed by atoms with Crippen LogP contribution < -0.4 is 0 Å². The molecule has 0 aliphatic heterocycles. The lowest BCUT2D eigenvalue weighted by Gasteiger charge is -2.60. The first-order chi connectivity index (χ1) is 17.8. The first kappa shape index (κ1) is 27.8. The maximum Gasteiger partial charge on any atom is 0.303 e. The largest absolute Gasteiger partial charge is 0.481 e. The predicted molar refractivity (Wildman–Crippen MR) is 145 cm³/mol. The summed E-state index contributed by atoms with van der Waals surface area (Å²) in [7, 11) is -3.84. The minimum Gasteiger partial charge on any atom is -0.481 e. The molecular weight excluding hydrogens is 500 g/mol. The number of benzene rings is 1. The van der Waals surface area contributed by atoms with Gasteiger partial charge in [0.15, 0.2) is 0 Å². The van der Waals surface area contributed by atoms with Gasteiger partial charge < -0.3 is 5.11 Å². The molecule has 0 heterocycles. The fourth-order valence-electron chi connectivity index (χ4n) is 9.45. The van der Waals surface area contributed by atoms with E-state index in [0.717, 1.165) is 37.7 Å². The summed E-state index contributed by atoms with van der Waals surface area (Å²) in [4.78, 5) is 25.2. The summed E-state index contributed by atoms with van der Waals surface area (Å²) < 4.78 is 31.7. The Morgan fingerprint density at radius 2 is 1.71 bits per heavy atom. The lowest BCUT2D eigenvalue weighted by molar-refractivity contribution is -0.160. The van der Waals surface area contributed by atoms with E-state index in [2.05, 4.69) is 20.8 Å². The van der Waals surface area contributed by atoms with Crippen molar-refractivity contribution in [2.75, 3.05) is 0 Å². The highest BCUT2D eigenvalue weighted by molar-refractivity contribution is 7.86. The highest BCUT2D eigenvalue weighted by Crippen LogP contribution is 2.67. The Kier molecular flexibility index (Phi) is 7.34. The first-order valence-corrected chi connectivity index (χ1v) is 16.0. The van der Waals surface area contributed by atoms with Gasteiger partial charge in [-0.25, -0.2) is 0 Å². The number of hydrogen-bond donors (Lipinski definition) is 1. The van der Waals surface area contributed by atoms with Crippen LogP contribution in [0.5, 0.6) is 0 Å². The quantitative estimate of drug-likeness (QED) is 0.399. The molecule has 0 radical (unpaired) electrons. The van der Waals surface area contributed by atoms with Crippen molar-refractivity contribution < 1.29 is 27.3 Å². The molecule has 0 saturated heterocycles. The van der Waals surface area contributed by atoms with Crippen molar-refractivity contribution in [1.29, 1.82) is 0 Å². The zero-order valence-electron chi connectivity index (χ0n) is 23.3. The van der Waals surface area contributed by atoms with Crippen LogP contribution in [0.25, 0.3) is 0 Å². The molecule has 0 aromatic heterocycles. The number of rotatable bonds is 7. The number of aryl methyl sites for hydroxylation is 1. The minimum absolute atomic E-state index is 0.0282. The SMILES string of the molecule is Cc1ccc(S(=O)(=O)O[C@@H]2CC[C@@]3(C)[C@H](CC(=O)[C@@H]4[C@@H]3CC[C@]3(C)[C@@H]([C@H](C)CCC(=O)O)CC[C@@H]43)C2)cc1. The van der Waals surface area contributed by atoms with Gasteiger partial charge in [0.1, 0.15) is 5.78 Å². The van der Waals surface area contributed by atoms with Gasteiger partial charge in [-0.05, 0) is 111 Å². The molecule has 0 unspecified atom stereocenters. The number of carbonyl (C=O) groups excluding carboxylic acids is 1. The lowest BCUT2D eigenvalue weighted by atomic mass is 9.44. The van der Waals surface area contributed by atoms with E-state index in [0.29, 0.717) is 55.1 Å². The third-order valence-corrected chi connectivity index (χ3v) is 12.9. The Bertz CT molecular complexity index is 1180. The summed E-state index contributed by atoms with van der Waals surface area (Å²) in [6.07, 6.45) is 7.55. The molecule has 7 heteroatoms. The van der Waals surface area contributed by atoms with Crippen LogP contribution >= 0.6 is 0 Å². The Hall–Kier alpha value is -1.73. The predicted octanol–water partition coefficient (Wildman–Crippen LogP) is 6.41. The molecule has 210 valence electrons. The van der Waals surface area contributed by atoms with Gasteiger partial charge in [-0.15, -0.1) is 0 Å². The topological polar surface area (TPSA) is 97.7 Å². The minimum atomic E-state index is -3.84. The van der Waals surface area contributed by atoms with Crippen molar-refractivity contribution in [3.05, 3.63) is 29.8 Å². The molecular formula is C31H44O6S. The first-order valence-electron chi connectivity index (χ1n) is 14.6. The van der Waals surface area contributed by atoms with E-state index in [1.54, 1.807) is 24.3 Å². The van der Waals surface area contributed by atoms with Gasteiger partial charge in [0.25, 0.3) is 10.1 Å². The standard InChI is InChI=1S/C31H44O6S/c1-19-5-8-23(9-6-19)38(35,36)37-22-13-15-30(3)21(17-22)18-27(32)29-25-11-10-24(20(2)7-12-28(33)34)31(25,4)16-14-26(29)30/h5-6,8-9,20-22,24-26,29H,7,10-18H2,1-4H3,(H,33,34)/t20-,21+,22-,24-,25+,26+,29+,30+,31-/m1/s1. The van der Waals surface area contributed by atoms with Crippen LogP contribution in [0.1, 0.15) is 90.5 Å². The summed E-state index contributed by atoms with van der Waals surface area (Å²) >= 11 is 0. The number of fused-ring (bicyclic) bond motifs is 5. The number of ketones is 1. The van der Waals surface area contributed by atoms with Crippen molar-refractivity contribution in [2.45, 2.75) is 103 Å². The highest BCUT2D eigenvalue weighted by atomic mass is 32.2. The van der Waals surface area contributed by atoms with E-state index >= 15 is 0 Å². The van der Waals surface area contributed by atoms with Crippen LogP contribution in [0.2, 0.25) is 0 Å². The molecule has 6 nitrogen and oxygen atoms in total. The molecule has 4 aliphatic rings. The van der Waals surface area contributed by atoms with Gasteiger partial charge in [0, 0.05) is 18.8 Å². The molecule has 38 heavy (non-hydrogen) atoms. The second-order valence-corrected chi connectivity index (χ2v) is 15.1. The zero-order valence-corrected chi connectivity index (χ0v) is 24.1. The lowest BCUT2D eigenvalue weighted by Crippen LogP contribution is -2.57. The number of carboxylic acid groups (broad SMARTS) is 1. The van der Waals surface area contributed by atoms with Crippen molar-refractivity contribution >= 4 is 21.9 Å². The van der Waals surface area contributed by atoms with E-state index in [1.165, 1.54) is 0 Å². The molecule has 4 fully saturated rings. The molecule has 4 saturated carbocycles. The number of hydrogen-bond acceptors (Lipinski definition) is 5. The Morgan fingerprint density at radius 1 is 1.05 bits per heavy atom. The molecule has 4 aliphatic carbocycles. The van der Waals surface area contributed by atoms with Crippen LogP contribution in [-0.4, -0.2) is 31.4 Å².